The Labute approximate surface area is 762 Å². The van der Waals surface area contributed by atoms with Gasteiger partial charge in [-0.3, -0.25) is 14.5 Å². The number of carboxylic acids is 3. The van der Waals surface area contributed by atoms with E-state index in [1.165, 1.54) is 29.8 Å². The van der Waals surface area contributed by atoms with Crippen LogP contribution in [0.2, 0.25) is 5.02 Å². The fourth-order valence-electron chi connectivity index (χ4n) is 12.9. The molecule has 0 aliphatic carbocycles. The van der Waals surface area contributed by atoms with Gasteiger partial charge in [-0.15, -0.1) is 11.3 Å². The molecule has 1 fully saturated rings. The summed E-state index contributed by atoms with van der Waals surface area (Å²) < 4.78 is 153. The number of primary amides is 1. The smallest absolute Gasteiger partial charge is 0.490 e. The molecule has 3 atom stereocenters. The first-order valence-electron chi connectivity index (χ1n) is 42.0. The van der Waals surface area contributed by atoms with Crippen molar-refractivity contribution in [3.05, 3.63) is 161 Å². The molecule has 718 valence electrons. The number of urea groups is 1. The fourth-order valence-corrected chi connectivity index (χ4v) is 14.3. The number of hydrogen-bond acceptors (Lipinski definition) is 27. The van der Waals surface area contributed by atoms with Gasteiger partial charge in [-0.1, -0.05) is 80.0 Å². The number of nitrogens with one attached hydrogen (secondary N) is 3. The number of hydrogen-bond donors (Lipinski definition) is 7. The molecule has 131 heavy (non-hydrogen) atoms. The van der Waals surface area contributed by atoms with Crippen molar-refractivity contribution in [1.82, 2.24) is 35.5 Å². The number of thiophene rings is 1. The van der Waals surface area contributed by atoms with Crippen molar-refractivity contribution >= 4 is 74.6 Å². The molecule has 9 N–H and O–H groups in total. The van der Waals surface area contributed by atoms with E-state index in [9.17, 15) is 55.0 Å². The third-order valence-corrected chi connectivity index (χ3v) is 21.6. The molecule has 3 aromatic heterocycles. The highest BCUT2D eigenvalue weighted by Gasteiger charge is 2.39. The standard InChI is InChI=1S/C85H111ClFN11O18S.2C2HF3O2/c1-58(2)77(88)81(100)96-69(16-11-28-91-85(89)103)80(99)95-65-24-21-63(61(53-65)14-12-35-106-39-40-108-43-44-110-47-48-112-51-52-113-50-49-111-46-45-109-42-41-107-38-37-104-5)55-98(4)33-30-97(31-34-98)32-36-114-72-26-25-67(59(3)76(72)86)74-75-82(92-57-93-83(75)117-78(74)60-19-22-64(87)23-20-60)116-73(84(101)102)54-62-13-7-9-17-70(62)115-56-66-27-29-90-79(94-66)68-15-8-10-18-71(68)105-6;2*3-2(4,5)1(6)7/h7-10,13,15,17-27,29,53,57-58,69,73,77H,11-12,14,16,28,30-52,54-56,88H2,1-6H3,(H5-,89,91,95,96,99,100,101,102,103);2*(H,6,7)/t69-,73+,77-;;/m0../s1. The zero-order valence-corrected chi connectivity index (χ0v) is 75.2. The summed E-state index contributed by atoms with van der Waals surface area (Å²) in [6, 6.07) is 29.7. The number of quaternary nitrogens is 1. The molecule has 1 saturated heterocycles. The van der Waals surface area contributed by atoms with Crippen LogP contribution in [0.1, 0.15) is 61.1 Å². The number of nitrogens with two attached hydrogens (primary N) is 2. The maximum absolute atomic E-state index is 14.6. The van der Waals surface area contributed by atoms with E-state index >= 15 is 0 Å². The number of para-hydroxylation sites is 2. The summed E-state index contributed by atoms with van der Waals surface area (Å²) in [7, 11) is 5.48. The summed E-state index contributed by atoms with van der Waals surface area (Å²) >= 11 is 8.66. The number of anilines is 1. The van der Waals surface area contributed by atoms with Gasteiger partial charge in [0.1, 0.15) is 66.0 Å². The molecule has 1 aliphatic rings. The Morgan fingerprint density at radius 1 is 0.656 bits per heavy atom. The third-order valence-electron chi connectivity index (χ3n) is 20.0. The van der Waals surface area contributed by atoms with Gasteiger partial charge < -0.3 is 114 Å². The fraction of sp³-hybridized carbons (Fsp3) is 0.483. The van der Waals surface area contributed by atoms with Crippen LogP contribution in [-0.2, 0) is 92.6 Å². The monoisotopic (exact) mass is 1890 g/mol. The summed E-state index contributed by atoms with van der Waals surface area (Å²) in [5.41, 5.74) is 18.8. The lowest BCUT2D eigenvalue weighted by Gasteiger charge is -2.42. The molecule has 0 bridgehead atoms. The molecule has 0 unspecified atom stereocenters. The van der Waals surface area contributed by atoms with Gasteiger partial charge in [0.05, 0.1) is 161 Å². The minimum absolute atomic E-state index is 0.0271. The first-order chi connectivity index (χ1) is 62.7. The number of carboxylic acid groups (broad SMARTS) is 3. The highest BCUT2D eigenvalue weighted by Crippen LogP contribution is 2.50. The number of halogens is 8. The maximum Gasteiger partial charge on any atom is 0.490 e. The van der Waals surface area contributed by atoms with E-state index in [1.54, 1.807) is 62.9 Å². The second-order valence-corrected chi connectivity index (χ2v) is 31.5. The molecule has 42 heteroatoms. The Hall–Kier alpha value is -10.6. The van der Waals surface area contributed by atoms with Gasteiger partial charge in [-0.2, -0.15) is 26.3 Å². The Morgan fingerprint density at radius 2 is 1.23 bits per heavy atom. The molecule has 0 spiro atoms. The van der Waals surface area contributed by atoms with Gasteiger partial charge in [0.25, 0.3) is 0 Å². The van der Waals surface area contributed by atoms with Crippen molar-refractivity contribution in [2.75, 3.05) is 185 Å². The number of benzene rings is 5. The van der Waals surface area contributed by atoms with Crippen LogP contribution in [0.15, 0.2) is 122 Å². The van der Waals surface area contributed by atoms with Gasteiger partial charge in [-0.05, 0) is 121 Å². The third kappa shape index (κ3) is 37.5. The van der Waals surface area contributed by atoms with Crippen LogP contribution < -0.4 is 51.5 Å². The van der Waals surface area contributed by atoms with Crippen LogP contribution in [0.3, 0.4) is 0 Å². The number of carbonyl (C=O) groups is 6. The summed E-state index contributed by atoms with van der Waals surface area (Å²) in [4.78, 5) is 91.8. The topological polar surface area (TPSA) is 429 Å². The number of aliphatic carboxylic acids is 3. The van der Waals surface area contributed by atoms with E-state index in [-0.39, 0.29) is 37.8 Å². The van der Waals surface area contributed by atoms with Gasteiger partial charge in [0.2, 0.25) is 23.8 Å². The highest BCUT2D eigenvalue weighted by atomic mass is 35.5. The summed E-state index contributed by atoms with van der Waals surface area (Å²) in [6.45, 7) is 18.6. The van der Waals surface area contributed by atoms with Crippen LogP contribution in [0, 0.1) is 18.7 Å². The second kappa shape index (κ2) is 56.3. The largest absolute Gasteiger partial charge is 0.542 e. The number of aryl methyl sites for hydroxylation is 1. The molecule has 4 amide bonds. The number of aromatic nitrogens is 4. The van der Waals surface area contributed by atoms with Gasteiger partial charge in [0, 0.05) is 74.2 Å². The number of nitrogens with zero attached hydrogens (tertiary/aromatic N) is 6. The number of fused-ring (bicyclic) bond motifs is 1. The van der Waals surface area contributed by atoms with Gasteiger partial charge >= 0.3 is 30.3 Å². The average Bonchev–Trinajstić information content (AvgIpc) is 1.59. The molecule has 8 aromatic rings. The number of methoxy groups -OCH3 is 2. The molecule has 5 aromatic carbocycles. The van der Waals surface area contributed by atoms with Crippen molar-refractivity contribution in [3.63, 3.8) is 0 Å². The van der Waals surface area contributed by atoms with E-state index in [2.05, 4.69) is 48.9 Å². The zero-order valence-electron chi connectivity index (χ0n) is 73.6. The maximum atomic E-state index is 14.6. The number of amides is 4. The van der Waals surface area contributed by atoms with Crippen molar-refractivity contribution in [2.45, 2.75) is 96.6 Å². The lowest BCUT2D eigenvalue weighted by Crippen LogP contribution is -2.57. The SMILES string of the molecule is COCCOCCOCCOCCOCCOCCOCCOCCOCCCc1cc(NC(=O)[C@H](CCCNC(N)=O)NC(=O)[C@@H](N)C(C)C)ccc1C[N+]1(C)CCN(CCOc2ccc(-c3c(-c4ccc(F)cc4)sc4ncnc(O[C@H](Cc5ccccc5OCc5ccnc(-c6ccccc6OC)n5)C(=O)O)c34)c(C)c2Cl)CC1.O=C(O)C(F)(F)F.O=C([O-])C(F)(F)F. The van der Waals surface area contributed by atoms with Crippen LogP contribution in [0.5, 0.6) is 23.1 Å². The molecule has 0 saturated carbocycles. The first kappa shape index (κ1) is 107. The summed E-state index contributed by atoms with van der Waals surface area (Å²) in [5, 5.41) is 36.0. The first-order valence-corrected chi connectivity index (χ1v) is 43.2. The second-order valence-electron chi connectivity index (χ2n) is 30.1. The number of likely N-dealkylation sites (N-methyl/N-ethyl adjacent to an activating group) is 1. The number of ether oxygens (including phenoxy) is 13. The molecule has 33 nitrogen and oxygen atoms in total. The summed E-state index contributed by atoms with van der Waals surface area (Å²) in [5.74, 6) is -6.44. The number of rotatable bonds is 55. The molecular weight excluding hydrogens is 1780 g/mol. The Kier molecular flexibility index (Phi) is 46.1. The minimum Gasteiger partial charge on any atom is -0.542 e. The zero-order chi connectivity index (χ0) is 95.3. The van der Waals surface area contributed by atoms with E-state index < -0.39 is 72.1 Å². The van der Waals surface area contributed by atoms with Crippen molar-refractivity contribution in [2.24, 2.45) is 17.4 Å². The van der Waals surface area contributed by atoms with E-state index in [4.69, 9.17) is 109 Å². The number of alkyl halides is 6. The lowest BCUT2D eigenvalue weighted by atomic mass is 9.96. The predicted octanol–water partition coefficient (Wildman–Crippen LogP) is 10.1. The Balaban J connectivity index is 0.00000155. The lowest BCUT2D eigenvalue weighted by molar-refractivity contribution is -0.926. The number of piperazine rings is 1. The van der Waals surface area contributed by atoms with Crippen LogP contribution >= 0.6 is 22.9 Å². The average molecular weight is 1890 g/mol. The van der Waals surface area contributed by atoms with Crippen molar-refractivity contribution < 1.29 is 141 Å². The van der Waals surface area contributed by atoms with Crippen LogP contribution in [0.25, 0.3) is 43.2 Å². The molecular formula is C89H113ClF7N11O22S. The normalized spacial score (nSPS) is 13.4. The quantitative estimate of drug-likeness (QED) is 0.0106. The van der Waals surface area contributed by atoms with E-state index in [0.717, 1.165) is 53.9 Å². The molecule has 0 radical (unpaired) electrons. The van der Waals surface area contributed by atoms with Gasteiger partial charge in [0.15, 0.2) is 5.82 Å². The van der Waals surface area contributed by atoms with Crippen molar-refractivity contribution in [3.8, 4) is 56.1 Å². The Bertz CT molecular complexity index is 4850. The molecule has 9 rings (SSSR count). The van der Waals surface area contributed by atoms with Crippen LogP contribution in [-0.4, -0.2) is 285 Å². The molecule has 1 aliphatic heterocycles. The predicted molar refractivity (Wildman–Crippen MR) is 468 cm³/mol. The van der Waals surface area contributed by atoms with E-state index in [0.29, 0.717) is 227 Å². The summed E-state index contributed by atoms with van der Waals surface area (Å²) in [6.07, 6.45) is -6.92. The van der Waals surface area contributed by atoms with E-state index in [1.807, 2.05) is 69.3 Å². The van der Waals surface area contributed by atoms with Crippen molar-refractivity contribution in [1.29, 1.82) is 0 Å². The highest BCUT2D eigenvalue weighted by molar-refractivity contribution is 7.22. The minimum atomic E-state index is -5.19. The van der Waals surface area contributed by atoms with Crippen LogP contribution in [0.4, 0.5) is 41.2 Å². The van der Waals surface area contributed by atoms with Gasteiger partial charge in [-0.25, -0.2) is 38.7 Å². The molecule has 4 heterocycles. The Morgan fingerprint density at radius 3 is 1.79 bits per heavy atom. The number of carbonyl (C=O) groups excluding carboxylic acids is 4.